The number of anilines is 2. The molecule has 0 bridgehead atoms. The first kappa shape index (κ1) is 20.8. The van der Waals surface area contributed by atoms with Gasteiger partial charge in [0.05, 0.1) is 30.6 Å². The maximum Gasteiger partial charge on any atom is 0.414 e. The van der Waals surface area contributed by atoms with E-state index in [1.807, 2.05) is 0 Å². The van der Waals surface area contributed by atoms with Gasteiger partial charge in [-0.15, -0.1) is 0 Å². The van der Waals surface area contributed by atoms with Crippen LogP contribution < -0.4 is 15.1 Å². The first-order valence-corrected chi connectivity index (χ1v) is 9.42. The summed E-state index contributed by atoms with van der Waals surface area (Å²) in [6.07, 6.45) is -0.588. The molecule has 0 aromatic heterocycles. The van der Waals surface area contributed by atoms with Crippen LogP contribution in [0.15, 0.2) is 18.2 Å². The fourth-order valence-corrected chi connectivity index (χ4v) is 3.44. The molecule has 2 fully saturated rings. The highest BCUT2D eigenvalue weighted by atomic mass is 19.1. The molecule has 1 aromatic carbocycles. The Morgan fingerprint density at radius 1 is 1.34 bits per heavy atom. The Labute approximate surface area is 168 Å². The van der Waals surface area contributed by atoms with Crippen molar-refractivity contribution in [1.29, 1.82) is 0 Å². The van der Waals surface area contributed by atoms with E-state index in [0.717, 1.165) is 0 Å². The predicted molar refractivity (Wildman–Crippen MR) is 103 cm³/mol. The summed E-state index contributed by atoms with van der Waals surface area (Å²) in [4.78, 5) is 40.2. The summed E-state index contributed by atoms with van der Waals surface area (Å²) in [5.41, 5.74) is 0.647. The second-order valence-corrected chi connectivity index (χ2v) is 6.97. The molecule has 29 heavy (non-hydrogen) atoms. The Balaban J connectivity index is 1.71. The van der Waals surface area contributed by atoms with Crippen LogP contribution in [0.25, 0.3) is 0 Å². The van der Waals surface area contributed by atoms with Crippen LogP contribution in [0.1, 0.15) is 6.92 Å². The number of ether oxygens (including phenoxy) is 2. The van der Waals surface area contributed by atoms with Gasteiger partial charge in [0.1, 0.15) is 12.4 Å². The normalized spacial score (nSPS) is 19.6. The fourth-order valence-electron chi connectivity index (χ4n) is 3.44. The minimum atomic E-state index is -0.588. The number of amides is 3. The number of nitrogens with one attached hydrogen (secondary N) is 1. The third-order valence-corrected chi connectivity index (χ3v) is 4.98. The molecule has 1 unspecified atom stereocenters. The molecule has 2 saturated heterocycles. The standard InChI is InChI=1S/C19H25FN4O5/c1-13(25)21-10-15-12-29-19(27)24(15)14-3-4-17(16(20)9-14)23-6-5-22(7-8-28-2)18(26)11-23/h3-4,9,15H,5-8,10-12H2,1-2H3,(H,21,25). The van der Waals surface area contributed by atoms with E-state index in [1.54, 1.807) is 29.0 Å². The molecule has 0 aliphatic carbocycles. The van der Waals surface area contributed by atoms with E-state index >= 15 is 0 Å². The minimum Gasteiger partial charge on any atom is -0.447 e. The summed E-state index contributed by atoms with van der Waals surface area (Å²) in [5.74, 6) is -0.839. The van der Waals surface area contributed by atoms with Gasteiger partial charge in [0.15, 0.2) is 0 Å². The molecule has 3 rings (SSSR count). The minimum absolute atomic E-state index is 0.0803. The van der Waals surface area contributed by atoms with Gasteiger partial charge in [-0.05, 0) is 18.2 Å². The van der Waals surface area contributed by atoms with Gasteiger partial charge in [0.25, 0.3) is 0 Å². The average molecular weight is 408 g/mol. The largest absolute Gasteiger partial charge is 0.447 e. The number of cyclic esters (lactones) is 1. The number of carbonyl (C=O) groups is 3. The van der Waals surface area contributed by atoms with Crippen molar-refractivity contribution in [3.8, 4) is 0 Å². The molecule has 0 radical (unpaired) electrons. The molecule has 1 aromatic rings. The quantitative estimate of drug-likeness (QED) is 0.710. The van der Waals surface area contributed by atoms with Crippen molar-refractivity contribution >= 4 is 29.3 Å². The maximum atomic E-state index is 14.8. The van der Waals surface area contributed by atoms with Gasteiger partial charge in [-0.2, -0.15) is 0 Å². The van der Waals surface area contributed by atoms with Crippen molar-refractivity contribution in [2.75, 3.05) is 62.8 Å². The maximum absolute atomic E-state index is 14.8. The molecular formula is C19H25FN4O5. The van der Waals surface area contributed by atoms with Gasteiger partial charge in [0.2, 0.25) is 11.8 Å². The van der Waals surface area contributed by atoms with Crippen molar-refractivity contribution in [2.24, 2.45) is 0 Å². The summed E-state index contributed by atoms with van der Waals surface area (Å²) in [7, 11) is 1.58. The highest BCUT2D eigenvalue weighted by Gasteiger charge is 2.35. The van der Waals surface area contributed by atoms with Crippen LogP contribution in [0.2, 0.25) is 0 Å². The highest BCUT2D eigenvalue weighted by molar-refractivity contribution is 5.91. The number of benzene rings is 1. The number of nitrogens with zero attached hydrogens (tertiary/aromatic N) is 3. The monoisotopic (exact) mass is 408 g/mol. The predicted octanol–water partition coefficient (Wildman–Crippen LogP) is 0.582. The van der Waals surface area contributed by atoms with Crippen LogP contribution >= 0.6 is 0 Å². The number of piperazine rings is 1. The Morgan fingerprint density at radius 3 is 2.79 bits per heavy atom. The van der Waals surface area contributed by atoms with Gasteiger partial charge in [-0.3, -0.25) is 14.5 Å². The molecule has 2 aliphatic rings. The topological polar surface area (TPSA) is 91.4 Å². The van der Waals surface area contributed by atoms with E-state index in [9.17, 15) is 18.8 Å². The number of hydrogen-bond acceptors (Lipinski definition) is 6. The summed E-state index contributed by atoms with van der Waals surface area (Å²) >= 11 is 0. The first-order valence-electron chi connectivity index (χ1n) is 9.42. The summed E-state index contributed by atoms with van der Waals surface area (Å²) in [5, 5.41) is 2.64. The molecule has 1 atom stereocenters. The summed E-state index contributed by atoms with van der Waals surface area (Å²) in [6.45, 7) is 3.74. The smallest absolute Gasteiger partial charge is 0.414 e. The van der Waals surface area contributed by atoms with E-state index in [4.69, 9.17) is 9.47 Å². The second kappa shape index (κ2) is 9.08. The van der Waals surface area contributed by atoms with Crippen molar-refractivity contribution in [3.05, 3.63) is 24.0 Å². The Bertz CT molecular complexity index is 790. The van der Waals surface area contributed by atoms with Gasteiger partial charge in [-0.1, -0.05) is 0 Å². The molecule has 2 aliphatic heterocycles. The number of methoxy groups -OCH3 is 1. The van der Waals surface area contributed by atoms with Crippen molar-refractivity contribution < 1.29 is 28.2 Å². The third kappa shape index (κ3) is 4.76. The second-order valence-electron chi connectivity index (χ2n) is 6.97. The van der Waals surface area contributed by atoms with Crippen LogP contribution in [0, 0.1) is 5.82 Å². The number of halogens is 1. The highest BCUT2D eigenvalue weighted by Crippen LogP contribution is 2.29. The molecule has 3 amide bonds. The van der Waals surface area contributed by atoms with Gasteiger partial charge in [-0.25, -0.2) is 9.18 Å². The van der Waals surface area contributed by atoms with Crippen LogP contribution in [0.5, 0.6) is 0 Å². The van der Waals surface area contributed by atoms with Crippen molar-refractivity contribution in [3.63, 3.8) is 0 Å². The van der Waals surface area contributed by atoms with E-state index < -0.39 is 18.0 Å². The SMILES string of the molecule is COCCN1CCN(c2ccc(N3C(=O)OCC3CNC(C)=O)cc2F)CC1=O. The lowest BCUT2D eigenvalue weighted by atomic mass is 10.2. The van der Waals surface area contributed by atoms with Crippen LogP contribution in [0.4, 0.5) is 20.6 Å². The molecule has 158 valence electrons. The lowest BCUT2D eigenvalue weighted by Gasteiger charge is -2.35. The lowest BCUT2D eigenvalue weighted by Crippen LogP contribution is -2.51. The zero-order valence-corrected chi connectivity index (χ0v) is 16.5. The van der Waals surface area contributed by atoms with E-state index in [-0.39, 0.29) is 31.5 Å². The number of rotatable bonds is 7. The van der Waals surface area contributed by atoms with E-state index in [0.29, 0.717) is 37.6 Å². The van der Waals surface area contributed by atoms with Crippen LogP contribution in [-0.2, 0) is 19.1 Å². The van der Waals surface area contributed by atoms with Crippen molar-refractivity contribution in [2.45, 2.75) is 13.0 Å². The number of hydrogen-bond donors (Lipinski definition) is 1. The summed E-state index contributed by atoms with van der Waals surface area (Å²) < 4.78 is 24.9. The Hall–Kier alpha value is -2.88. The van der Waals surface area contributed by atoms with Gasteiger partial charge < -0.3 is 24.6 Å². The number of carbonyl (C=O) groups excluding carboxylic acids is 3. The molecule has 0 saturated carbocycles. The molecular weight excluding hydrogens is 383 g/mol. The zero-order valence-electron chi connectivity index (χ0n) is 16.5. The molecule has 10 heteroatoms. The van der Waals surface area contributed by atoms with Crippen LogP contribution in [-0.4, -0.2) is 81.9 Å². The Morgan fingerprint density at radius 2 is 2.14 bits per heavy atom. The summed E-state index contributed by atoms with van der Waals surface area (Å²) in [6, 6.07) is 4.02. The van der Waals surface area contributed by atoms with E-state index in [1.165, 1.54) is 17.9 Å². The van der Waals surface area contributed by atoms with Crippen molar-refractivity contribution in [1.82, 2.24) is 10.2 Å². The third-order valence-electron chi connectivity index (χ3n) is 4.98. The van der Waals surface area contributed by atoms with Crippen LogP contribution in [0.3, 0.4) is 0 Å². The lowest BCUT2D eigenvalue weighted by molar-refractivity contribution is -0.131. The average Bonchev–Trinajstić information content (AvgIpc) is 3.05. The molecule has 1 N–H and O–H groups in total. The van der Waals surface area contributed by atoms with Gasteiger partial charge >= 0.3 is 6.09 Å². The zero-order chi connectivity index (χ0) is 21.0. The van der Waals surface area contributed by atoms with Gasteiger partial charge in [0, 0.05) is 40.2 Å². The fraction of sp³-hybridized carbons (Fsp3) is 0.526. The molecule has 9 nitrogen and oxygen atoms in total. The first-order chi connectivity index (χ1) is 13.9. The van der Waals surface area contributed by atoms with E-state index in [2.05, 4.69) is 5.32 Å². The molecule has 2 heterocycles. The Kier molecular flexibility index (Phi) is 6.53. The molecule has 0 spiro atoms.